The third kappa shape index (κ3) is 5.06. The van der Waals surface area contributed by atoms with Crippen molar-refractivity contribution >= 4 is 40.7 Å². The Kier molecular flexibility index (Phi) is 6.15. The predicted octanol–water partition coefficient (Wildman–Crippen LogP) is 2.82. The molecule has 1 heterocycles. The van der Waals surface area contributed by atoms with Gasteiger partial charge in [-0.05, 0) is 32.3 Å². The van der Waals surface area contributed by atoms with Crippen LogP contribution in [0.1, 0.15) is 10.5 Å². The second kappa shape index (κ2) is 8.10. The maximum absolute atomic E-state index is 12.1. The molecule has 2 rings (SSSR count). The third-order valence-electron chi connectivity index (χ3n) is 2.93. The largest absolute Gasteiger partial charge is 0.349 e. The first-order chi connectivity index (χ1) is 11.0. The number of carbonyl (C=O) groups is 1. The van der Waals surface area contributed by atoms with E-state index in [0.29, 0.717) is 22.3 Å². The fourth-order valence-electron chi connectivity index (χ4n) is 1.76. The molecule has 0 saturated carbocycles. The molecule has 0 spiro atoms. The van der Waals surface area contributed by atoms with E-state index in [0.717, 1.165) is 6.54 Å². The van der Waals surface area contributed by atoms with Gasteiger partial charge in [0.05, 0.1) is 15.7 Å². The Labute approximate surface area is 144 Å². The molecule has 0 bridgehead atoms. The zero-order valence-corrected chi connectivity index (χ0v) is 14.3. The van der Waals surface area contributed by atoms with E-state index in [4.69, 9.17) is 23.2 Å². The number of rotatable bonds is 6. The van der Waals surface area contributed by atoms with E-state index >= 15 is 0 Å². The van der Waals surface area contributed by atoms with Crippen molar-refractivity contribution in [1.29, 1.82) is 0 Å². The van der Waals surface area contributed by atoms with Gasteiger partial charge < -0.3 is 15.5 Å². The predicted molar refractivity (Wildman–Crippen MR) is 92.7 cm³/mol. The Morgan fingerprint density at radius 3 is 2.57 bits per heavy atom. The highest BCUT2D eigenvalue weighted by Gasteiger charge is 2.11. The molecule has 0 atom stereocenters. The zero-order valence-electron chi connectivity index (χ0n) is 12.8. The van der Waals surface area contributed by atoms with Gasteiger partial charge in [-0.2, -0.15) is 0 Å². The highest BCUT2D eigenvalue weighted by atomic mass is 35.5. The van der Waals surface area contributed by atoms with Crippen LogP contribution in [-0.4, -0.2) is 48.0 Å². The van der Waals surface area contributed by atoms with Gasteiger partial charge in [0.1, 0.15) is 5.69 Å². The summed E-state index contributed by atoms with van der Waals surface area (Å²) in [6, 6.07) is 6.69. The van der Waals surface area contributed by atoms with Gasteiger partial charge in [-0.15, -0.1) is 0 Å². The van der Waals surface area contributed by atoms with Gasteiger partial charge in [0, 0.05) is 19.3 Å². The molecule has 122 valence electrons. The number of hydrogen-bond acceptors (Lipinski definition) is 5. The minimum absolute atomic E-state index is 0.250. The monoisotopic (exact) mass is 353 g/mol. The number of para-hydroxylation sites is 1. The maximum Gasteiger partial charge on any atom is 0.270 e. The first-order valence-corrected chi connectivity index (χ1v) is 7.70. The van der Waals surface area contributed by atoms with Crippen molar-refractivity contribution < 1.29 is 4.79 Å². The van der Waals surface area contributed by atoms with E-state index in [1.807, 2.05) is 19.0 Å². The number of nitrogens with zero attached hydrogens (tertiary/aromatic N) is 3. The van der Waals surface area contributed by atoms with Crippen LogP contribution >= 0.6 is 23.2 Å². The van der Waals surface area contributed by atoms with Gasteiger partial charge in [0.2, 0.25) is 5.95 Å². The molecule has 6 nitrogen and oxygen atoms in total. The molecule has 1 amide bonds. The fourth-order valence-corrected chi connectivity index (χ4v) is 2.25. The minimum atomic E-state index is -0.262. The van der Waals surface area contributed by atoms with Crippen LogP contribution in [0.4, 0.5) is 11.6 Å². The van der Waals surface area contributed by atoms with Crippen LogP contribution in [0.3, 0.4) is 0 Å². The van der Waals surface area contributed by atoms with Crippen LogP contribution in [0.2, 0.25) is 10.0 Å². The highest BCUT2D eigenvalue weighted by molar-refractivity contribution is 6.39. The summed E-state index contributed by atoms with van der Waals surface area (Å²) in [5.41, 5.74) is 0.769. The number of hydrogen-bond donors (Lipinski definition) is 2. The number of benzene rings is 1. The molecular weight excluding hydrogens is 337 g/mol. The SMILES string of the molecule is CN(C)CCNC(=O)c1ccnc(Nc2c(Cl)cccc2Cl)n1. The Bertz CT molecular complexity index is 673. The molecule has 2 aromatic rings. The number of anilines is 2. The highest BCUT2D eigenvalue weighted by Crippen LogP contribution is 2.31. The first kappa shape index (κ1) is 17.5. The van der Waals surface area contributed by atoms with Crippen LogP contribution in [0, 0.1) is 0 Å². The van der Waals surface area contributed by atoms with E-state index in [1.54, 1.807) is 24.3 Å². The van der Waals surface area contributed by atoms with Crippen molar-refractivity contribution in [2.75, 3.05) is 32.5 Å². The van der Waals surface area contributed by atoms with Gasteiger partial charge in [0.15, 0.2) is 0 Å². The summed E-state index contributed by atoms with van der Waals surface area (Å²) in [5, 5.41) is 6.62. The van der Waals surface area contributed by atoms with Gasteiger partial charge in [-0.3, -0.25) is 4.79 Å². The van der Waals surface area contributed by atoms with E-state index in [9.17, 15) is 4.79 Å². The summed E-state index contributed by atoms with van der Waals surface area (Å²) in [7, 11) is 3.87. The lowest BCUT2D eigenvalue weighted by molar-refractivity contribution is 0.0946. The topological polar surface area (TPSA) is 70.2 Å². The lowest BCUT2D eigenvalue weighted by atomic mass is 10.3. The van der Waals surface area contributed by atoms with E-state index < -0.39 is 0 Å². The Morgan fingerprint density at radius 1 is 1.22 bits per heavy atom. The third-order valence-corrected chi connectivity index (χ3v) is 3.56. The smallest absolute Gasteiger partial charge is 0.270 e. The van der Waals surface area contributed by atoms with Gasteiger partial charge in [0.25, 0.3) is 5.91 Å². The summed E-state index contributed by atoms with van der Waals surface area (Å²) >= 11 is 12.2. The molecule has 8 heteroatoms. The van der Waals surface area contributed by atoms with Crippen LogP contribution in [0.5, 0.6) is 0 Å². The average Bonchev–Trinajstić information content (AvgIpc) is 2.51. The van der Waals surface area contributed by atoms with E-state index in [1.165, 1.54) is 6.20 Å². The molecule has 0 saturated heterocycles. The van der Waals surface area contributed by atoms with Crippen LogP contribution in [-0.2, 0) is 0 Å². The van der Waals surface area contributed by atoms with Crippen molar-refractivity contribution in [2.45, 2.75) is 0 Å². The average molecular weight is 354 g/mol. The molecule has 2 N–H and O–H groups in total. The van der Waals surface area contributed by atoms with Crippen LogP contribution in [0.25, 0.3) is 0 Å². The molecule has 0 fully saturated rings. The van der Waals surface area contributed by atoms with Crippen molar-refractivity contribution in [3.8, 4) is 0 Å². The summed E-state index contributed by atoms with van der Waals surface area (Å²) in [5.74, 6) is -0.0113. The molecule has 23 heavy (non-hydrogen) atoms. The van der Waals surface area contributed by atoms with Crippen molar-refractivity contribution in [1.82, 2.24) is 20.2 Å². The van der Waals surface area contributed by atoms with E-state index in [2.05, 4.69) is 20.6 Å². The van der Waals surface area contributed by atoms with Gasteiger partial charge in [-0.25, -0.2) is 9.97 Å². The molecule has 0 aliphatic carbocycles. The molecule has 0 radical (unpaired) electrons. The molecule has 1 aromatic carbocycles. The molecule has 1 aromatic heterocycles. The van der Waals surface area contributed by atoms with E-state index in [-0.39, 0.29) is 17.5 Å². The molecule has 0 aliphatic rings. The van der Waals surface area contributed by atoms with Crippen molar-refractivity contribution in [2.24, 2.45) is 0 Å². The standard InChI is InChI=1S/C15H17Cl2N5O/c1-22(2)9-8-18-14(23)12-6-7-19-15(20-12)21-13-10(16)4-3-5-11(13)17/h3-7H,8-9H2,1-2H3,(H,18,23)(H,19,20,21). The van der Waals surface area contributed by atoms with Crippen molar-refractivity contribution in [3.63, 3.8) is 0 Å². The lowest BCUT2D eigenvalue weighted by Crippen LogP contribution is -2.31. The number of amides is 1. The van der Waals surface area contributed by atoms with Crippen molar-refractivity contribution in [3.05, 3.63) is 46.2 Å². The maximum atomic E-state index is 12.1. The first-order valence-electron chi connectivity index (χ1n) is 6.94. The Balaban J connectivity index is 2.09. The summed E-state index contributed by atoms with van der Waals surface area (Å²) in [6.45, 7) is 1.28. The fraction of sp³-hybridized carbons (Fsp3) is 0.267. The number of halogens is 2. The second-order valence-corrected chi connectivity index (χ2v) is 5.86. The molecule has 0 unspecified atom stereocenters. The molecular formula is C15H17Cl2N5O. The summed E-state index contributed by atoms with van der Waals surface area (Å²) in [6.07, 6.45) is 1.50. The van der Waals surface area contributed by atoms with Crippen LogP contribution < -0.4 is 10.6 Å². The summed E-state index contributed by atoms with van der Waals surface area (Å²) in [4.78, 5) is 22.3. The summed E-state index contributed by atoms with van der Waals surface area (Å²) < 4.78 is 0. The van der Waals surface area contributed by atoms with Gasteiger partial charge in [-0.1, -0.05) is 29.3 Å². The Hall–Kier alpha value is -1.89. The number of aromatic nitrogens is 2. The lowest BCUT2D eigenvalue weighted by Gasteiger charge is -2.11. The normalized spacial score (nSPS) is 10.7. The minimum Gasteiger partial charge on any atom is -0.349 e. The molecule has 0 aliphatic heterocycles. The van der Waals surface area contributed by atoms with Gasteiger partial charge >= 0.3 is 0 Å². The van der Waals surface area contributed by atoms with Crippen LogP contribution in [0.15, 0.2) is 30.5 Å². The second-order valence-electron chi connectivity index (χ2n) is 5.05. The number of nitrogens with one attached hydrogen (secondary N) is 2. The number of carbonyl (C=O) groups excluding carboxylic acids is 1. The quantitative estimate of drug-likeness (QED) is 0.835. The number of likely N-dealkylation sites (N-methyl/N-ethyl adjacent to an activating group) is 1. The zero-order chi connectivity index (χ0) is 16.8. The Morgan fingerprint density at radius 2 is 1.91 bits per heavy atom.